The molecule has 0 radical (unpaired) electrons. The van der Waals surface area contributed by atoms with E-state index in [1.54, 1.807) is 24.5 Å². The number of fused-ring (bicyclic) bond motifs is 1. The van der Waals surface area contributed by atoms with E-state index in [1.807, 2.05) is 24.3 Å². The number of rotatable bonds is 5. The standard InChI is InChI=1S/C17H19NO3S/c1-21-13-6-2-4-11(8-13)14(19)10-18-17(20)16-9-12-5-3-7-15(12)22-16/h2,4,6,8-9,14,19H,3,5,7,10H2,1H3,(H,18,20). The number of methoxy groups -OCH3 is 1. The minimum Gasteiger partial charge on any atom is -0.497 e. The van der Waals surface area contributed by atoms with Gasteiger partial charge in [0.05, 0.1) is 18.1 Å². The van der Waals surface area contributed by atoms with Gasteiger partial charge in [-0.25, -0.2) is 0 Å². The molecular weight excluding hydrogens is 298 g/mol. The number of aryl methyl sites for hydroxylation is 2. The van der Waals surface area contributed by atoms with Crippen LogP contribution < -0.4 is 10.1 Å². The van der Waals surface area contributed by atoms with Crippen LogP contribution in [0.25, 0.3) is 0 Å². The zero-order valence-electron chi connectivity index (χ0n) is 12.5. The van der Waals surface area contributed by atoms with Crippen molar-refractivity contribution in [3.8, 4) is 5.75 Å². The average molecular weight is 317 g/mol. The Morgan fingerprint density at radius 3 is 3.05 bits per heavy atom. The molecule has 1 aliphatic rings. The topological polar surface area (TPSA) is 58.6 Å². The van der Waals surface area contributed by atoms with Crippen LogP contribution >= 0.6 is 11.3 Å². The second kappa shape index (κ2) is 6.50. The fraction of sp³-hybridized carbons (Fsp3) is 0.353. The van der Waals surface area contributed by atoms with Crippen molar-refractivity contribution in [1.29, 1.82) is 0 Å². The van der Waals surface area contributed by atoms with E-state index in [-0.39, 0.29) is 12.5 Å². The minimum absolute atomic E-state index is 0.110. The number of ether oxygens (including phenoxy) is 1. The van der Waals surface area contributed by atoms with Crippen LogP contribution in [0.15, 0.2) is 30.3 Å². The Morgan fingerprint density at radius 1 is 1.41 bits per heavy atom. The first-order valence-electron chi connectivity index (χ1n) is 7.39. The van der Waals surface area contributed by atoms with Crippen LogP contribution in [0.5, 0.6) is 5.75 Å². The Hall–Kier alpha value is -1.85. The first kappa shape index (κ1) is 15.1. The minimum atomic E-state index is -0.745. The van der Waals surface area contributed by atoms with E-state index in [0.717, 1.165) is 23.3 Å². The molecule has 0 saturated heterocycles. The molecular formula is C17H19NO3S. The van der Waals surface area contributed by atoms with Crippen LogP contribution in [-0.4, -0.2) is 24.7 Å². The lowest BCUT2D eigenvalue weighted by atomic mass is 10.1. The summed E-state index contributed by atoms with van der Waals surface area (Å²) in [5, 5.41) is 13.0. The first-order valence-corrected chi connectivity index (χ1v) is 8.21. The molecule has 0 bridgehead atoms. The molecule has 1 aliphatic carbocycles. The molecule has 1 unspecified atom stereocenters. The Bertz CT molecular complexity index is 659. The van der Waals surface area contributed by atoms with Gasteiger partial charge in [0.2, 0.25) is 0 Å². The lowest BCUT2D eigenvalue weighted by Crippen LogP contribution is -2.27. The summed E-state index contributed by atoms with van der Waals surface area (Å²) in [5.41, 5.74) is 2.04. The quantitative estimate of drug-likeness (QED) is 0.891. The van der Waals surface area contributed by atoms with Gasteiger partial charge in [0.25, 0.3) is 5.91 Å². The number of amides is 1. The highest BCUT2D eigenvalue weighted by molar-refractivity contribution is 7.14. The number of aliphatic hydroxyl groups excluding tert-OH is 1. The fourth-order valence-electron chi connectivity index (χ4n) is 2.68. The molecule has 5 heteroatoms. The van der Waals surface area contributed by atoms with Crippen molar-refractivity contribution < 1.29 is 14.6 Å². The summed E-state index contributed by atoms with van der Waals surface area (Å²) >= 11 is 1.57. The number of hydrogen-bond acceptors (Lipinski definition) is 4. The highest BCUT2D eigenvalue weighted by Crippen LogP contribution is 2.30. The number of thiophene rings is 1. The summed E-state index contributed by atoms with van der Waals surface area (Å²) in [6.45, 7) is 0.189. The van der Waals surface area contributed by atoms with E-state index in [9.17, 15) is 9.90 Å². The van der Waals surface area contributed by atoms with E-state index in [0.29, 0.717) is 5.75 Å². The van der Waals surface area contributed by atoms with Crippen LogP contribution in [0.4, 0.5) is 0 Å². The molecule has 3 rings (SSSR count). The van der Waals surface area contributed by atoms with E-state index in [2.05, 4.69) is 5.32 Å². The molecule has 0 saturated carbocycles. The lowest BCUT2D eigenvalue weighted by molar-refractivity contribution is 0.0920. The molecule has 2 N–H and O–H groups in total. The third kappa shape index (κ3) is 3.15. The molecule has 1 aromatic heterocycles. The summed E-state index contributed by atoms with van der Waals surface area (Å²) in [7, 11) is 1.59. The molecule has 2 aromatic rings. The second-order valence-electron chi connectivity index (χ2n) is 5.42. The zero-order valence-corrected chi connectivity index (χ0v) is 13.3. The molecule has 0 fully saturated rings. The van der Waals surface area contributed by atoms with Gasteiger partial charge in [0.1, 0.15) is 5.75 Å². The maximum absolute atomic E-state index is 12.2. The van der Waals surface area contributed by atoms with Gasteiger partial charge in [0, 0.05) is 11.4 Å². The Labute approximate surface area is 133 Å². The first-order chi connectivity index (χ1) is 10.7. The summed E-state index contributed by atoms with van der Waals surface area (Å²) in [5.74, 6) is 0.582. The number of nitrogens with one attached hydrogen (secondary N) is 1. The van der Waals surface area contributed by atoms with E-state index in [1.165, 1.54) is 16.9 Å². The predicted molar refractivity (Wildman–Crippen MR) is 86.6 cm³/mol. The number of carbonyl (C=O) groups excluding carboxylic acids is 1. The van der Waals surface area contributed by atoms with Gasteiger partial charge in [-0.15, -0.1) is 11.3 Å². The van der Waals surface area contributed by atoms with Crippen molar-refractivity contribution in [2.24, 2.45) is 0 Å². The van der Waals surface area contributed by atoms with Crippen molar-refractivity contribution in [3.05, 3.63) is 51.2 Å². The molecule has 0 spiro atoms. The molecule has 1 heterocycles. The fourth-order valence-corrected chi connectivity index (χ4v) is 3.85. The van der Waals surface area contributed by atoms with Crippen LogP contribution in [0.1, 0.15) is 38.2 Å². The number of benzene rings is 1. The predicted octanol–water partition coefficient (Wildman–Crippen LogP) is 2.71. The maximum atomic E-state index is 12.2. The van der Waals surface area contributed by atoms with Crippen LogP contribution in [0, 0.1) is 0 Å². The molecule has 0 aliphatic heterocycles. The Kier molecular flexibility index (Phi) is 4.45. The normalized spacial score (nSPS) is 14.5. The van der Waals surface area contributed by atoms with Crippen molar-refractivity contribution in [2.45, 2.75) is 25.4 Å². The van der Waals surface area contributed by atoms with Gasteiger partial charge in [-0.05, 0) is 48.6 Å². The summed E-state index contributed by atoms with van der Waals surface area (Å²) in [6, 6.07) is 9.22. The van der Waals surface area contributed by atoms with Crippen molar-refractivity contribution in [1.82, 2.24) is 5.32 Å². The van der Waals surface area contributed by atoms with Gasteiger partial charge in [-0.2, -0.15) is 0 Å². The molecule has 1 aromatic carbocycles. The van der Waals surface area contributed by atoms with Gasteiger partial charge >= 0.3 is 0 Å². The summed E-state index contributed by atoms with van der Waals surface area (Å²) < 4.78 is 5.14. The summed E-state index contributed by atoms with van der Waals surface area (Å²) in [4.78, 5) is 14.2. The molecule has 1 amide bonds. The van der Waals surface area contributed by atoms with Gasteiger partial charge in [-0.1, -0.05) is 12.1 Å². The summed E-state index contributed by atoms with van der Waals surface area (Å²) in [6.07, 6.45) is 2.61. The third-order valence-corrected chi connectivity index (χ3v) is 5.14. The molecule has 4 nitrogen and oxygen atoms in total. The average Bonchev–Trinajstić information content (AvgIpc) is 3.14. The second-order valence-corrected chi connectivity index (χ2v) is 6.55. The van der Waals surface area contributed by atoms with Crippen LogP contribution in [0.2, 0.25) is 0 Å². The third-order valence-electron chi connectivity index (χ3n) is 3.90. The largest absolute Gasteiger partial charge is 0.497 e. The lowest BCUT2D eigenvalue weighted by Gasteiger charge is -2.12. The van der Waals surface area contributed by atoms with Gasteiger partial charge in [0.15, 0.2) is 0 Å². The van der Waals surface area contributed by atoms with Crippen molar-refractivity contribution in [3.63, 3.8) is 0 Å². The van der Waals surface area contributed by atoms with Crippen LogP contribution in [0.3, 0.4) is 0 Å². The molecule has 116 valence electrons. The maximum Gasteiger partial charge on any atom is 0.261 e. The van der Waals surface area contributed by atoms with Gasteiger partial charge in [-0.3, -0.25) is 4.79 Å². The van der Waals surface area contributed by atoms with Crippen molar-refractivity contribution in [2.75, 3.05) is 13.7 Å². The monoisotopic (exact) mass is 317 g/mol. The van der Waals surface area contributed by atoms with E-state index in [4.69, 9.17) is 4.74 Å². The van der Waals surface area contributed by atoms with Crippen LogP contribution in [-0.2, 0) is 12.8 Å². The Balaban J connectivity index is 1.60. The SMILES string of the molecule is COc1cccc(C(O)CNC(=O)c2cc3c(s2)CCC3)c1. The number of aliphatic hydroxyl groups is 1. The van der Waals surface area contributed by atoms with Gasteiger partial charge < -0.3 is 15.2 Å². The smallest absolute Gasteiger partial charge is 0.261 e. The Morgan fingerprint density at radius 2 is 2.27 bits per heavy atom. The van der Waals surface area contributed by atoms with E-state index < -0.39 is 6.10 Å². The highest BCUT2D eigenvalue weighted by atomic mass is 32.1. The zero-order chi connectivity index (χ0) is 15.5. The molecule has 22 heavy (non-hydrogen) atoms. The molecule has 1 atom stereocenters. The highest BCUT2D eigenvalue weighted by Gasteiger charge is 2.19. The van der Waals surface area contributed by atoms with E-state index >= 15 is 0 Å². The number of hydrogen-bond donors (Lipinski definition) is 2. The van der Waals surface area contributed by atoms with Crippen molar-refractivity contribution >= 4 is 17.2 Å². The number of carbonyl (C=O) groups is 1.